The number of aryl methyl sites for hydroxylation is 1. The average molecular weight is 443 g/mol. The molecule has 30 heavy (non-hydrogen) atoms. The number of hydrogen-bond acceptors (Lipinski definition) is 8. The maximum Gasteiger partial charge on any atom is 0.338 e. The lowest BCUT2D eigenvalue weighted by Crippen LogP contribution is -2.16. The van der Waals surface area contributed by atoms with Gasteiger partial charge in [-0.05, 0) is 25.1 Å². The van der Waals surface area contributed by atoms with Gasteiger partial charge >= 0.3 is 5.97 Å². The van der Waals surface area contributed by atoms with Gasteiger partial charge in [-0.15, -0.1) is 0 Å². The second-order valence-corrected chi connectivity index (χ2v) is 7.69. The molecule has 0 unspecified atom stereocenters. The van der Waals surface area contributed by atoms with Crippen molar-refractivity contribution in [3.05, 3.63) is 69.1 Å². The molecule has 0 amide bonds. The number of H-pyrrole nitrogens is 1. The van der Waals surface area contributed by atoms with E-state index >= 15 is 0 Å². The maximum absolute atomic E-state index is 12.6. The van der Waals surface area contributed by atoms with Crippen LogP contribution in [0.3, 0.4) is 0 Å². The van der Waals surface area contributed by atoms with Crippen molar-refractivity contribution in [2.75, 3.05) is 7.11 Å². The molecule has 152 valence electrons. The van der Waals surface area contributed by atoms with E-state index in [0.717, 1.165) is 5.56 Å². The molecule has 4 rings (SSSR count). The maximum atomic E-state index is 12.6. The molecular weight excluding hydrogens is 428 g/mol. The number of halogens is 1. The number of thioether (sulfide) groups is 1. The number of nitrogens with zero attached hydrogens (tertiary/aromatic N) is 3. The molecular formula is C20H15ClN4O4S. The van der Waals surface area contributed by atoms with Gasteiger partial charge in [0.05, 0.1) is 30.0 Å². The number of fused-ring (bicyclic) bond motifs is 1. The summed E-state index contributed by atoms with van der Waals surface area (Å²) in [5.74, 6) is 0.773. The number of methoxy groups -OCH3 is 1. The molecule has 10 heteroatoms. The summed E-state index contributed by atoms with van der Waals surface area (Å²) in [6, 6.07) is 8.77. The first-order valence-electron chi connectivity index (χ1n) is 8.78. The summed E-state index contributed by atoms with van der Waals surface area (Å²) in [6.07, 6.45) is 1.62. The number of ether oxygens (including phenoxy) is 1. The molecule has 0 aliphatic carbocycles. The molecule has 0 atom stereocenters. The number of oxazole rings is 1. The van der Waals surface area contributed by atoms with Crippen LogP contribution < -0.4 is 5.56 Å². The number of carbonyl (C=O) groups excluding carboxylic acids is 1. The van der Waals surface area contributed by atoms with Crippen LogP contribution in [0.15, 0.2) is 50.9 Å². The standard InChI is InChI=1S/C20H15ClN4O4S/c1-10-6-13(19(27)28-2)16-17(23-10)24-20(25-18(16)26)30-9-15-22-8-14(29-15)11-4-3-5-12(21)7-11/h3-8H,9H2,1-2H3,(H,23,24,25,26). The monoisotopic (exact) mass is 442 g/mol. The van der Waals surface area contributed by atoms with E-state index in [1.165, 1.54) is 24.9 Å². The number of rotatable bonds is 5. The Morgan fingerprint density at radius 1 is 1.30 bits per heavy atom. The predicted octanol–water partition coefficient (Wildman–Crippen LogP) is 4.01. The Bertz CT molecular complexity index is 1320. The number of carbonyl (C=O) groups is 1. The van der Waals surface area contributed by atoms with E-state index in [9.17, 15) is 9.59 Å². The van der Waals surface area contributed by atoms with Crippen LogP contribution >= 0.6 is 23.4 Å². The fourth-order valence-corrected chi connectivity index (χ4v) is 3.77. The van der Waals surface area contributed by atoms with E-state index in [1.54, 1.807) is 25.3 Å². The molecule has 0 radical (unpaired) electrons. The highest BCUT2D eigenvalue weighted by molar-refractivity contribution is 7.98. The highest BCUT2D eigenvalue weighted by atomic mass is 35.5. The third kappa shape index (κ3) is 4.07. The lowest BCUT2D eigenvalue weighted by Gasteiger charge is -2.06. The lowest BCUT2D eigenvalue weighted by atomic mass is 10.1. The fourth-order valence-electron chi connectivity index (χ4n) is 2.87. The third-order valence-corrected chi connectivity index (χ3v) is 5.28. The van der Waals surface area contributed by atoms with Crippen LogP contribution in [0.4, 0.5) is 0 Å². The second kappa shape index (κ2) is 8.29. The molecule has 0 saturated carbocycles. The largest absolute Gasteiger partial charge is 0.465 e. The van der Waals surface area contributed by atoms with E-state index in [-0.39, 0.29) is 16.6 Å². The van der Waals surface area contributed by atoms with Crippen molar-refractivity contribution in [1.29, 1.82) is 0 Å². The molecule has 0 spiro atoms. The first-order valence-corrected chi connectivity index (χ1v) is 10.1. The number of nitrogens with one attached hydrogen (secondary N) is 1. The number of aromatic amines is 1. The van der Waals surface area contributed by atoms with Crippen LogP contribution in [0.1, 0.15) is 21.9 Å². The van der Waals surface area contributed by atoms with Gasteiger partial charge in [0.15, 0.2) is 16.6 Å². The second-order valence-electron chi connectivity index (χ2n) is 6.29. The summed E-state index contributed by atoms with van der Waals surface area (Å²) in [5, 5.41) is 1.03. The summed E-state index contributed by atoms with van der Waals surface area (Å²) < 4.78 is 10.5. The molecule has 0 fully saturated rings. The first kappa shape index (κ1) is 20.1. The first-order chi connectivity index (χ1) is 14.4. The van der Waals surface area contributed by atoms with E-state index in [2.05, 4.69) is 19.9 Å². The van der Waals surface area contributed by atoms with Gasteiger partial charge in [-0.25, -0.2) is 19.7 Å². The molecule has 1 aromatic carbocycles. The van der Waals surface area contributed by atoms with Crippen LogP contribution in [-0.2, 0) is 10.5 Å². The molecule has 4 aromatic rings. The Morgan fingerprint density at radius 3 is 2.90 bits per heavy atom. The quantitative estimate of drug-likeness (QED) is 0.280. The van der Waals surface area contributed by atoms with Crippen molar-refractivity contribution in [2.45, 2.75) is 17.8 Å². The number of aromatic nitrogens is 4. The zero-order valence-electron chi connectivity index (χ0n) is 15.9. The van der Waals surface area contributed by atoms with Gasteiger partial charge < -0.3 is 14.1 Å². The van der Waals surface area contributed by atoms with Gasteiger partial charge in [-0.3, -0.25) is 4.79 Å². The van der Waals surface area contributed by atoms with E-state index in [1.807, 2.05) is 12.1 Å². The molecule has 3 heterocycles. The van der Waals surface area contributed by atoms with E-state index in [4.69, 9.17) is 20.8 Å². The number of hydrogen-bond donors (Lipinski definition) is 1. The summed E-state index contributed by atoms with van der Waals surface area (Å²) in [6.45, 7) is 1.71. The van der Waals surface area contributed by atoms with Crippen LogP contribution in [0.25, 0.3) is 22.4 Å². The highest BCUT2D eigenvalue weighted by Crippen LogP contribution is 2.26. The van der Waals surface area contributed by atoms with Crippen molar-refractivity contribution in [1.82, 2.24) is 19.9 Å². The minimum atomic E-state index is -0.619. The Labute approximate surface area is 179 Å². The van der Waals surface area contributed by atoms with Gasteiger partial charge in [0.1, 0.15) is 0 Å². The molecule has 8 nitrogen and oxygen atoms in total. The van der Waals surface area contributed by atoms with Crippen LogP contribution in [0.5, 0.6) is 0 Å². The Kier molecular flexibility index (Phi) is 5.56. The van der Waals surface area contributed by atoms with E-state index < -0.39 is 11.5 Å². The normalized spacial score (nSPS) is 11.0. The van der Waals surface area contributed by atoms with Crippen molar-refractivity contribution in [3.8, 4) is 11.3 Å². The zero-order valence-corrected chi connectivity index (χ0v) is 17.5. The fraction of sp³-hybridized carbons (Fsp3) is 0.150. The number of esters is 1. The zero-order chi connectivity index (χ0) is 21.3. The molecule has 1 N–H and O–H groups in total. The van der Waals surface area contributed by atoms with Crippen molar-refractivity contribution >= 4 is 40.4 Å². The Balaban J connectivity index is 1.59. The molecule has 0 saturated heterocycles. The summed E-state index contributed by atoms with van der Waals surface area (Å²) in [5.41, 5.74) is 1.20. The van der Waals surface area contributed by atoms with Crippen LogP contribution in [0, 0.1) is 6.92 Å². The smallest absolute Gasteiger partial charge is 0.338 e. The molecule has 3 aromatic heterocycles. The summed E-state index contributed by atoms with van der Waals surface area (Å²) >= 11 is 7.25. The number of pyridine rings is 1. The Morgan fingerprint density at radius 2 is 2.13 bits per heavy atom. The van der Waals surface area contributed by atoms with Crippen molar-refractivity contribution in [3.63, 3.8) is 0 Å². The molecule has 0 bridgehead atoms. The van der Waals surface area contributed by atoms with Crippen molar-refractivity contribution < 1.29 is 13.9 Å². The SMILES string of the molecule is COC(=O)c1cc(C)nc2nc(SCc3ncc(-c4cccc(Cl)c4)o3)[nH]c(=O)c12. The Hall–Kier alpha value is -3.17. The highest BCUT2D eigenvalue weighted by Gasteiger charge is 2.18. The molecule has 0 aliphatic heterocycles. The lowest BCUT2D eigenvalue weighted by molar-refractivity contribution is 0.0602. The molecule has 0 aliphatic rings. The van der Waals surface area contributed by atoms with E-state index in [0.29, 0.717) is 33.3 Å². The minimum Gasteiger partial charge on any atom is -0.465 e. The average Bonchev–Trinajstić information content (AvgIpc) is 3.20. The summed E-state index contributed by atoms with van der Waals surface area (Å²) in [7, 11) is 1.25. The van der Waals surface area contributed by atoms with Crippen molar-refractivity contribution in [2.24, 2.45) is 0 Å². The predicted molar refractivity (Wildman–Crippen MR) is 113 cm³/mol. The number of benzene rings is 1. The van der Waals surface area contributed by atoms with Gasteiger partial charge in [0, 0.05) is 16.3 Å². The topological polar surface area (TPSA) is 111 Å². The van der Waals surface area contributed by atoms with Crippen LogP contribution in [0.2, 0.25) is 5.02 Å². The van der Waals surface area contributed by atoms with Gasteiger partial charge in [-0.1, -0.05) is 35.5 Å². The van der Waals surface area contributed by atoms with Gasteiger partial charge in [0.25, 0.3) is 5.56 Å². The van der Waals surface area contributed by atoms with Gasteiger partial charge in [0.2, 0.25) is 5.89 Å². The van der Waals surface area contributed by atoms with Crippen LogP contribution in [-0.4, -0.2) is 33.0 Å². The minimum absolute atomic E-state index is 0.0937. The third-order valence-electron chi connectivity index (χ3n) is 4.18. The summed E-state index contributed by atoms with van der Waals surface area (Å²) in [4.78, 5) is 40.1. The van der Waals surface area contributed by atoms with Gasteiger partial charge in [-0.2, -0.15) is 0 Å².